The first kappa shape index (κ1) is 10.3. The summed E-state index contributed by atoms with van der Waals surface area (Å²) >= 11 is 7.32. The minimum absolute atomic E-state index is 0.434. The molecule has 5 heteroatoms. The number of nitrogens with zero attached hydrogens (tertiary/aromatic N) is 1. The molecule has 15 heavy (non-hydrogen) atoms. The molecule has 0 bridgehead atoms. The Morgan fingerprint density at radius 3 is 3.00 bits per heavy atom. The monoisotopic (exact) mass is 240 g/mol. The molecule has 0 aliphatic heterocycles. The van der Waals surface area contributed by atoms with Crippen molar-refractivity contribution in [3.8, 4) is 5.75 Å². The van der Waals surface area contributed by atoms with Crippen LogP contribution < -0.4 is 10.5 Å². The number of aromatic nitrogens is 1. The Morgan fingerprint density at radius 1 is 1.47 bits per heavy atom. The first-order valence-electron chi connectivity index (χ1n) is 4.32. The molecule has 0 aliphatic rings. The molecule has 2 aromatic rings. The van der Waals surface area contributed by atoms with Gasteiger partial charge in [0.15, 0.2) is 0 Å². The van der Waals surface area contributed by atoms with Crippen molar-refractivity contribution < 1.29 is 4.74 Å². The summed E-state index contributed by atoms with van der Waals surface area (Å²) in [5.74, 6) is 0.634. The van der Waals surface area contributed by atoms with E-state index in [1.54, 1.807) is 35.7 Å². The summed E-state index contributed by atoms with van der Waals surface area (Å²) in [5, 5.41) is 3.43. The summed E-state index contributed by atoms with van der Waals surface area (Å²) in [6.45, 7) is 0.434. The fourth-order valence-corrected chi connectivity index (χ4v) is 1.82. The number of nitrogen functional groups attached to an aromatic ring is 1. The number of ether oxygens (including phenoxy) is 1. The van der Waals surface area contributed by atoms with Gasteiger partial charge in [0.25, 0.3) is 0 Å². The molecule has 3 nitrogen and oxygen atoms in total. The maximum Gasteiger partial charge on any atom is 0.142 e. The Hall–Kier alpha value is -1.26. The lowest BCUT2D eigenvalue weighted by molar-refractivity contribution is 0.307. The number of benzene rings is 1. The highest BCUT2D eigenvalue weighted by molar-refractivity contribution is 7.09. The standard InChI is InChI=1S/C10H9ClN2OS/c11-7-1-2-9(8(12)5-7)14-6-10-13-3-4-15-10/h1-5H,6,12H2. The lowest BCUT2D eigenvalue weighted by Gasteiger charge is -2.07. The number of halogens is 1. The van der Waals surface area contributed by atoms with Crippen LogP contribution in [0.5, 0.6) is 5.75 Å². The van der Waals surface area contributed by atoms with E-state index in [4.69, 9.17) is 22.1 Å². The molecule has 0 spiro atoms. The van der Waals surface area contributed by atoms with Crippen LogP contribution in [0.25, 0.3) is 0 Å². The van der Waals surface area contributed by atoms with Gasteiger partial charge in [0, 0.05) is 16.6 Å². The van der Waals surface area contributed by atoms with Gasteiger partial charge in [-0.2, -0.15) is 0 Å². The summed E-state index contributed by atoms with van der Waals surface area (Å²) < 4.78 is 5.50. The smallest absolute Gasteiger partial charge is 0.142 e. The lowest BCUT2D eigenvalue weighted by Crippen LogP contribution is -1.98. The highest BCUT2D eigenvalue weighted by atomic mass is 35.5. The molecular formula is C10H9ClN2OS. The number of anilines is 1. The Morgan fingerprint density at radius 2 is 2.33 bits per heavy atom. The molecule has 2 N–H and O–H groups in total. The van der Waals surface area contributed by atoms with Crippen molar-refractivity contribution in [2.24, 2.45) is 0 Å². The van der Waals surface area contributed by atoms with Crippen LogP contribution in [-0.2, 0) is 6.61 Å². The highest BCUT2D eigenvalue weighted by Gasteiger charge is 2.02. The van der Waals surface area contributed by atoms with Gasteiger partial charge in [-0.15, -0.1) is 11.3 Å². The summed E-state index contributed by atoms with van der Waals surface area (Å²) in [7, 11) is 0. The van der Waals surface area contributed by atoms with Crippen LogP contribution in [0.15, 0.2) is 29.8 Å². The summed E-state index contributed by atoms with van der Waals surface area (Å²) in [6.07, 6.45) is 1.74. The third kappa shape index (κ3) is 2.61. The largest absolute Gasteiger partial charge is 0.484 e. The van der Waals surface area contributed by atoms with Gasteiger partial charge in [0.2, 0.25) is 0 Å². The van der Waals surface area contributed by atoms with Gasteiger partial charge in [-0.3, -0.25) is 0 Å². The molecule has 0 saturated carbocycles. The van der Waals surface area contributed by atoms with Crippen LogP contribution in [0.4, 0.5) is 5.69 Å². The molecule has 1 aromatic carbocycles. The summed E-state index contributed by atoms with van der Waals surface area (Å²) in [5.41, 5.74) is 6.28. The Labute approximate surface area is 96.5 Å². The van der Waals surface area contributed by atoms with E-state index in [1.807, 2.05) is 5.38 Å². The van der Waals surface area contributed by atoms with E-state index in [2.05, 4.69) is 4.98 Å². The predicted molar refractivity (Wildman–Crippen MR) is 62.3 cm³/mol. The lowest BCUT2D eigenvalue weighted by atomic mass is 10.3. The normalized spacial score (nSPS) is 10.2. The van der Waals surface area contributed by atoms with Crippen molar-refractivity contribution >= 4 is 28.6 Å². The summed E-state index contributed by atoms with van der Waals surface area (Å²) in [4.78, 5) is 4.11. The number of hydrogen-bond acceptors (Lipinski definition) is 4. The molecule has 1 heterocycles. The predicted octanol–water partition coefficient (Wildman–Crippen LogP) is 2.96. The van der Waals surface area contributed by atoms with Gasteiger partial charge < -0.3 is 10.5 Å². The number of nitrogens with two attached hydrogens (primary N) is 1. The second kappa shape index (κ2) is 4.51. The Bertz CT molecular complexity index is 445. The molecule has 0 amide bonds. The summed E-state index contributed by atoms with van der Waals surface area (Å²) in [6, 6.07) is 5.17. The number of hydrogen-bond donors (Lipinski definition) is 1. The zero-order chi connectivity index (χ0) is 10.7. The number of rotatable bonds is 3. The van der Waals surface area contributed by atoms with Gasteiger partial charge in [0.05, 0.1) is 5.69 Å². The maximum absolute atomic E-state index is 5.77. The van der Waals surface area contributed by atoms with Crippen molar-refractivity contribution in [2.45, 2.75) is 6.61 Å². The Kier molecular flexibility index (Phi) is 3.08. The molecule has 0 radical (unpaired) electrons. The fraction of sp³-hybridized carbons (Fsp3) is 0.100. The average molecular weight is 241 g/mol. The van der Waals surface area contributed by atoms with Crippen molar-refractivity contribution in [2.75, 3.05) is 5.73 Å². The Balaban J connectivity index is 2.05. The van der Waals surface area contributed by atoms with E-state index in [0.717, 1.165) is 5.01 Å². The van der Waals surface area contributed by atoms with Gasteiger partial charge in [-0.25, -0.2) is 4.98 Å². The minimum atomic E-state index is 0.434. The van der Waals surface area contributed by atoms with Crippen molar-refractivity contribution in [1.29, 1.82) is 0 Å². The van der Waals surface area contributed by atoms with Crippen molar-refractivity contribution in [1.82, 2.24) is 4.98 Å². The minimum Gasteiger partial charge on any atom is -0.484 e. The zero-order valence-corrected chi connectivity index (χ0v) is 9.39. The molecule has 0 atom stereocenters. The zero-order valence-electron chi connectivity index (χ0n) is 7.81. The van der Waals surface area contributed by atoms with E-state index in [0.29, 0.717) is 23.1 Å². The van der Waals surface area contributed by atoms with Gasteiger partial charge in [0.1, 0.15) is 17.4 Å². The molecule has 1 aromatic heterocycles. The third-order valence-corrected chi connectivity index (χ3v) is 2.79. The average Bonchev–Trinajstić information content (AvgIpc) is 2.69. The van der Waals surface area contributed by atoms with E-state index in [-0.39, 0.29) is 0 Å². The molecule has 0 unspecified atom stereocenters. The molecular weight excluding hydrogens is 232 g/mol. The van der Waals surface area contributed by atoms with E-state index >= 15 is 0 Å². The van der Waals surface area contributed by atoms with Gasteiger partial charge >= 0.3 is 0 Å². The highest BCUT2D eigenvalue weighted by Crippen LogP contribution is 2.25. The molecule has 0 aliphatic carbocycles. The van der Waals surface area contributed by atoms with E-state index < -0.39 is 0 Å². The second-order valence-electron chi connectivity index (χ2n) is 2.90. The molecule has 2 rings (SSSR count). The van der Waals surface area contributed by atoms with Crippen LogP contribution in [-0.4, -0.2) is 4.98 Å². The van der Waals surface area contributed by atoms with E-state index in [9.17, 15) is 0 Å². The second-order valence-corrected chi connectivity index (χ2v) is 4.31. The molecule has 0 fully saturated rings. The first-order valence-corrected chi connectivity index (χ1v) is 5.57. The van der Waals surface area contributed by atoms with Crippen LogP contribution in [0, 0.1) is 0 Å². The topological polar surface area (TPSA) is 48.1 Å². The van der Waals surface area contributed by atoms with Gasteiger partial charge in [-0.1, -0.05) is 11.6 Å². The quantitative estimate of drug-likeness (QED) is 0.840. The third-order valence-electron chi connectivity index (χ3n) is 1.81. The van der Waals surface area contributed by atoms with Crippen molar-refractivity contribution in [3.05, 3.63) is 39.8 Å². The van der Waals surface area contributed by atoms with Crippen LogP contribution >= 0.6 is 22.9 Å². The SMILES string of the molecule is Nc1cc(Cl)ccc1OCc1nccs1. The fourth-order valence-electron chi connectivity index (χ4n) is 1.11. The van der Waals surface area contributed by atoms with Crippen LogP contribution in [0.2, 0.25) is 5.02 Å². The first-order chi connectivity index (χ1) is 7.25. The van der Waals surface area contributed by atoms with Crippen LogP contribution in [0.1, 0.15) is 5.01 Å². The maximum atomic E-state index is 5.77. The van der Waals surface area contributed by atoms with Crippen LogP contribution in [0.3, 0.4) is 0 Å². The van der Waals surface area contributed by atoms with Crippen molar-refractivity contribution in [3.63, 3.8) is 0 Å². The molecule has 0 saturated heterocycles. The number of thiazole rings is 1. The van der Waals surface area contributed by atoms with E-state index in [1.165, 1.54) is 0 Å². The molecule has 78 valence electrons. The van der Waals surface area contributed by atoms with Gasteiger partial charge in [-0.05, 0) is 18.2 Å².